The quantitative estimate of drug-likeness (QED) is 0.670. The first-order chi connectivity index (χ1) is 9.20. The van der Waals surface area contributed by atoms with Crippen LogP contribution in [0.25, 0.3) is 17.2 Å². The standard InChI is InChI=1S/C16H11NO2/c17-11-15(16(18)19)10-12-6-8-14(9-7-12)13-4-2-1-3-5-13/h1-10H,(H,18,19). The lowest BCUT2D eigenvalue weighted by atomic mass is 10.0. The maximum atomic E-state index is 10.7. The van der Waals surface area contributed by atoms with Gasteiger partial charge in [0.1, 0.15) is 11.6 Å². The van der Waals surface area contributed by atoms with Crippen LogP contribution in [0.5, 0.6) is 0 Å². The first kappa shape index (κ1) is 12.6. The zero-order valence-corrected chi connectivity index (χ0v) is 10.1. The van der Waals surface area contributed by atoms with Crippen LogP contribution in [0.15, 0.2) is 60.2 Å². The Morgan fingerprint density at radius 2 is 1.58 bits per heavy atom. The molecule has 0 saturated carbocycles. The fourth-order valence-corrected chi connectivity index (χ4v) is 1.71. The molecule has 0 bridgehead atoms. The Labute approximate surface area is 111 Å². The molecule has 1 N–H and O–H groups in total. The molecule has 0 aromatic heterocycles. The zero-order chi connectivity index (χ0) is 13.7. The molecule has 0 amide bonds. The van der Waals surface area contributed by atoms with Gasteiger partial charge in [-0.25, -0.2) is 4.79 Å². The molecule has 0 aliphatic rings. The Kier molecular flexibility index (Phi) is 3.75. The van der Waals surface area contributed by atoms with Crippen LogP contribution in [0, 0.1) is 11.3 Å². The molecule has 0 heterocycles. The third kappa shape index (κ3) is 3.08. The summed E-state index contributed by atoms with van der Waals surface area (Å²) in [4.78, 5) is 10.7. The van der Waals surface area contributed by atoms with Gasteiger partial charge in [-0.05, 0) is 22.8 Å². The van der Waals surface area contributed by atoms with Gasteiger partial charge in [0.05, 0.1) is 0 Å². The Morgan fingerprint density at radius 1 is 1.00 bits per heavy atom. The summed E-state index contributed by atoms with van der Waals surface area (Å²) in [5.41, 5.74) is 2.56. The van der Waals surface area contributed by atoms with E-state index in [1.165, 1.54) is 6.08 Å². The highest BCUT2D eigenvalue weighted by molar-refractivity contribution is 5.96. The van der Waals surface area contributed by atoms with Crippen LogP contribution in [0.2, 0.25) is 0 Å². The molecule has 0 aliphatic carbocycles. The minimum atomic E-state index is -1.21. The summed E-state index contributed by atoms with van der Waals surface area (Å²) in [7, 11) is 0. The predicted molar refractivity (Wildman–Crippen MR) is 73.1 cm³/mol. The fraction of sp³-hybridized carbons (Fsp3) is 0. The summed E-state index contributed by atoms with van der Waals surface area (Å²) in [6.45, 7) is 0. The van der Waals surface area contributed by atoms with Gasteiger partial charge < -0.3 is 5.11 Å². The highest BCUT2D eigenvalue weighted by atomic mass is 16.4. The van der Waals surface area contributed by atoms with Crippen molar-refractivity contribution in [1.29, 1.82) is 5.26 Å². The monoisotopic (exact) mass is 249 g/mol. The smallest absolute Gasteiger partial charge is 0.346 e. The summed E-state index contributed by atoms with van der Waals surface area (Å²) >= 11 is 0. The summed E-state index contributed by atoms with van der Waals surface area (Å²) in [5.74, 6) is -1.21. The Bertz CT molecular complexity index is 649. The number of rotatable bonds is 3. The zero-order valence-electron chi connectivity index (χ0n) is 10.1. The number of carboxylic acids is 1. The number of carboxylic acid groups (broad SMARTS) is 1. The molecule has 19 heavy (non-hydrogen) atoms. The lowest BCUT2D eigenvalue weighted by Crippen LogP contribution is -1.97. The molecule has 2 rings (SSSR count). The Morgan fingerprint density at radius 3 is 2.11 bits per heavy atom. The average Bonchev–Trinajstić information content (AvgIpc) is 2.46. The SMILES string of the molecule is N#CC(=Cc1ccc(-c2ccccc2)cc1)C(=O)O. The molecule has 3 heteroatoms. The molecule has 0 atom stereocenters. The van der Waals surface area contributed by atoms with Crippen LogP contribution >= 0.6 is 0 Å². The number of hydrogen-bond donors (Lipinski definition) is 1. The summed E-state index contributed by atoms with van der Waals surface area (Å²) in [5, 5.41) is 17.5. The average molecular weight is 249 g/mol. The van der Waals surface area contributed by atoms with E-state index >= 15 is 0 Å². The van der Waals surface area contributed by atoms with Crippen molar-refractivity contribution >= 4 is 12.0 Å². The number of carbonyl (C=O) groups is 1. The Hall–Kier alpha value is -2.86. The van der Waals surface area contributed by atoms with Crippen molar-refractivity contribution in [3.05, 3.63) is 65.7 Å². The molecule has 0 saturated heterocycles. The first-order valence-electron chi connectivity index (χ1n) is 5.71. The van der Waals surface area contributed by atoms with E-state index in [1.54, 1.807) is 18.2 Å². The number of nitrogens with zero attached hydrogens (tertiary/aromatic N) is 1. The highest BCUT2D eigenvalue weighted by Gasteiger charge is 2.05. The maximum Gasteiger partial charge on any atom is 0.346 e. The van der Waals surface area contributed by atoms with Crippen LogP contribution in [-0.2, 0) is 4.79 Å². The van der Waals surface area contributed by atoms with Crippen molar-refractivity contribution in [1.82, 2.24) is 0 Å². The first-order valence-corrected chi connectivity index (χ1v) is 5.71. The molecule has 3 nitrogen and oxygen atoms in total. The summed E-state index contributed by atoms with van der Waals surface area (Å²) < 4.78 is 0. The molecule has 92 valence electrons. The normalized spacial score (nSPS) is 10.8. The number of benzene rings is 2. The molecule has 2 aromatic rings. The van der Waals surface area contributed by atoms with Crippen molar-refractivity contribution in [3.8, 4) is 17.2 Å². The van der Waals surface area contributed by atoms with Gasteiger partial charge in [0.15, 0.2) is 0 Å². The van der Waals surface area contributed by atoms with Gasteiger partial charge in [0, 0.05) is 0 Å². The van der Waals surface area contributed by atoms with Crippen molar-refractivity contribution in [2.75, 3.05) is 0 Å². The molecule has 0 radical (unpaired) electrons. The van der Waals surface area contributed by atoms with Gasteiger partial charge in [0.25, 0.3) is 0 Å². The second kappa shape index (κ2) is 5.65. The third-order valence-electron chi connectivity index (χ3n) is 2.68. The number of aliphatic carboxylic acids is 1. The van der Waals surface area contributed by atoms with E-state index in [0.717, 1.165) is 11.1 Å². The van der Waals surface area contributed by atoms with Gasteiger partial charge in [-0.1, -0.05) is 54.6 Å². The van der Waals surface area contributed by atoms with Crippen LogP contribution < -0.4 is 0 Å². The van der Waals surface area contributed by atoms with Gasteiger partial charge in [-0.15, -0.1) is 0 Å². The van der Waals surface area contributed by atoms with E-state index in [2.05, 4.69) is 0 Å². The molecular weight excluding hydrogens is 238 g/mol. The molecule has 0 aliphatic heterocycles. The van der Waals surface area contributed by atoms with E-state index in [9.17, 15) is 4.79 Å². The van der Waals surface area contributed by atoms with Gasteiger partial charge in [-0.2, -0.15) is 5.26 Å². The highest BCUT2D eigenvalue weighted by Crippen LogP contribution is 2.20. The molecule has 0 unspecified atom stereocenters. The third-order valence-corrected chi connectivity index (χ3v) is 2.68. The van der Waals surface area contributed by atoms with Crippen molar-refractivity contribution in [3.63, 3.8) is 0 Å². The van der Waals surface area contributed by atoms with Crippen molar-refractivity contribution in [2.24, 2.45) is 0 Å². The van der Waals surface area contributed by atoms with Crippen molar-refractivity contribution in [2.45, 2.75) is 0 Å². The van der Waals surface area contributed by atoms with Crippen molar-refractivity contribution < 1.29 is 9.90 Å². The number of hydrogen-bond acceptors (Lipinski definition) is 2. The largest absolute Gasteiger partial charge is 0.477 e. The Balaban J connectivity index is 2.30. The second-order valence-electron chi connectivity index (χ2n) is 3.96. The van der Waals surface area contributed by atoms with E-state index in [4.69, 9.17) is 10.4 Å². The van der Waals surface area contributed by atoms with Crippen LogP contribution in [-0.4, -0.2) is 11.1 Å². The van der Waals surface area contributed by atoms with E-state index in [0.29, 0.717) is 5.56 Å². The summed E-state index contributed by atoms with van der Waals surface area (Å²) in [6.07, 6.45) is 1.36. The lowest BCUT2D eigenvalue weighted by molar-refractivity contribution is -0.132. The van der Waals surface area contributed by atoms with Crippen LogP contribution in [0.4, 0.5) is 0 Å². The van der Waals surface area contributed by atoms with E-state index < -0.39 is 5.97 Å². The summed E-state index contributed by atoms with van der Waals surface area (Å²) in [6, 6.07) is 18.9. The van der Waals surface area contributed by atoms with Crippen LogP contribution in [0.3, 0.4) is 0 Å². The topological polar surface area (TPSA) is 61.1 Å². The van der Waals surface area contributed by atoms with E-state index in [-0.39, 0.29) is 5.57 Å². The van der Waals surface area contributed by atoms with Gasteiger partial charge in [0.2, 0.25) is 0 Å². The fourth-order valence-electron chi connectivity index (χ4n) is 1.71. The molecule has 0 spiro atoms. The number of nitriles is 1. The molecular formula is C16H11NO2. The van der Waals surface area contributed by atoms with E-state index in [1.807, 2.05) is 42.5 Å². The maximum absolute atomic E-state index is 10.7. The van der Waals surface area contributed by atoms with Gasteiger partial charge >= 0.3 is 5.97 Å². The minimum absolute atomic E-state index is 0.271. The lowest BCUT2D eigenvalue weighted by Gasteiger charge is -2.01. The predicted octanol–water partition coefficient (Wildman–Crippen LogP) is 3.35. The van der Waals surface area contributed by atoms with Gasteiger partial charge in [-0.3, -0.25) is 0 Å². The minimum Gasteiger partial charge on any atom is -0.477 e. The second-order valence-corrected chi connectivity index (χ2v) is 3.96. The molecule has 0 fully saturated rings. The van der Waals surface area contributed by atoms with Crippen LogP contribution in [0.1, 0.15) is 5.56 Å². The molecule has 2 aromatic carbocycles.